The molecule has 2 aromatic carbocycles. The monoisotopic (exact) mass is 424 g/mol. The summed E-state index contributed by atoms with van der Waals surface area (Å²) in [6, 6.07) is 14.9. The molecule has 1 saturated heterocycles. The Balaban J connectivity index is 1.57. The Morgan fingerprint density at radius 2 is 1.87 bits per heavy atom. The van der Waals surface area contributed by atoms with E-state index in [9.17, 15) is 5.11 Å². The minimum Gasteiger partial charge on any atom is -0.496 e. The fourth-order valence-electron chi connectivity index (χ4n) is 3.87. The summed E-state index contributed by atoms with van der Waals surface area (Å²) in [4.78, 5) is 7.15. The second-order valence-electron chi connectivity index (χ2n) is 8.14. The first-order valence-electron chi connectivity index (χ1n) is 11.2. The summed E-state index contributed by atoms with van der Waals surface area (Å²) in [6.45, 7) is 8.54. The number of anilines is 1. The lowest BCUT2D eigenvalue weighted by molar-refractivity contribution is 0.203. The van der Waals surface area contributed by atoms with E-state index in [1.165, 1.54) is 16.8 Å². The highest BCUT2D eigenvalue weighted by Crippen LogP contribution is 2.23. The Morgan fingerprint density at radius 3 is 2.52 bits per heavy atom. The van der Waals surface area contributed by atoms with Gasteiger partial charge in [0.2, 0.25) is 0 Å². The van der Waals surface area contributed by atoms with Crippen LogP contribution in [0.3, 0.4) is 0 Å². The average Bonchev–Trinajstić information content (AvgIpc) is 2.81. The number of benzene rings is 2. The molecule has 1 fully saturated rings. The van der Waals surface area contributed by atoms with Gasteiger partial charge in [0.15, 0.2) is 5.96 Å². The van der Waals surface area contributed by atoms with Crippen LogP contribution in [0.2, 0.25) is 0 Å². The van der Waals surface area contributed by atoms with E-state index in [2.05, 4.69) is 71.8 Å². The number of aliphatic hydroxyl groups excluding tert-OH is 1. The van der Waals surface area contributed by atoms with Crippen molar-refractivity contribution in [1.29, 1.82) is 0 Å². The van der Waals surface area contributed by atoms with Gasteiger partial charge in [-0.2, -0.15) is 0 Å². The van der Waals surface area contributed by atoms with E-state index in [1.54, 1.807) is 7.11 Å². The predicted molar refractivity (Wildman–Crippen MR) is 128 cm³/mol. The number of rotatable bonds is 8. The molecule has 0 atom stereocenters. The van der Waals surface area contributed by atoms with Crippen LogP contribution in [0.5, 0.6) is 5.75 Å². The molecule has 2 aromatic rings. The van der Waals surface area contributed by atoms with Crippen molar-refractivity contribution in [3.8, 4) is 5.75 Å². The molecule has 0 spiro atoms. The number of aliphatic imine (C=N–C) groups is 1. The number of guanidine groups is 1. The van der Waals surface area contributed by atoms with Crippen LogP contribution in [0.15, 0.2) is 47.5 Å². The van der Waals surface area contributed by atoms with Crippen molar-refractivity contribution in [1.82, 2.24) is 10.6 Å². The van der Waals surface area contributed by atoms with Gasteiger partial charge in [0, 0.05) is 44.0 Å². The fraction of sp³-hybridized carbons (Fsp3) is 0.480. The first-order chi connectivity index (χ1) is 15.1. The minimum absolute atomic E-state index is 0.309. The van der Waals surface area contributed by atoms with Crippen LogP contribution in [-0.4, -0.2) is 44.4 Å². The average molecular weight is 425 g/mol. The maximum absolute atomic E-state index is 9.32. The maximum atomic E-state index is 9.32. The number of ether oxygens (including phenoxy) is 1. The van der Waals surface area contributed by atoms with Gasteiger partial charge in [0.25, 0.3) is 0 Å². The molecule has 6 nitrogen and oxygen atoms in total. The molecule has 0 amide bonds. The number of nitrogens with one attached hydrogen (secondary N) is 2. The van der Waals surface area contributed by atoms with Crippen LogP contribution in [-0.2, 0) is 13.1 Å². The lowest BCUT2D eigenvalue weighted by atomic mass is 9.97. The van der Waals surface area contributed by atoms with Crippen molar-refractivity contribution >= 4 is 11.6 Å². The van der Waals surface area contributed by atoms with Crippen molar-refractivity contribution in [3.05, 3.63) is 59.2 Å². The van der Waals surface area contributed by atoms with Crippen molar-refractivity contribution in [3.63, 3.8) is 0 Å². The first-order valence-corrected chi connectivity index (χ1v) is 11.2. The zero-order valence-corrected chi connectivity index (χ0v) is 19.0. The molecule has 0 unspecified atom stereocenters. The van der Waals surface area contributed by atoms with Crippen LogP contribution in [0, 0.1) is 12.8 Å². The van der Waals surface area contributed by atoms with E-state index >= 15 is 0 Å². The van der Waals surface area contributed by atoms with Gasteiger partial charge in [-0.25, -0.2) is 4.99 Å². The third-order valence-electron chi connectivity index (χ3n) is 5.83. The number of nitrogens with zero attached hydrogens (tertiary/aromatic N) is 2. The second-order valence-corrected chi connectivity index (χ2v) is 8.14. The van der Waals surface area contributed by atoms with Gasteiger partial charge < -0.3 is 25.4 Å². The lowest BCUT2D eigenvalue weighted by Gasteiger charge is -2.32. The Morgan fingerprint density at radius 1 is 1.13 bits per heavy atom. The van der Waals surface area contributed by atoms with E-state index < -0.39 is 0 Å². The Labute approximate surface area is 186 Å². The highest BCUT2D eigenvalue weighted by molar-refractivity contribution is 5.79. The summed E-state index contributed by atoms with van der Waals surface area (Å²) >= 11 is 0. The largest absolute Gasteiger partial charge is 0.496 e. The van der Waals surface area contributed by atoms with Crippen molar-refractivity contribution in [2.24, 2.45) is 10.9 Å². The molecule has 0 bridgehead atoms. The summed E-state index contributed by atoms with van der Waals surface area (Å²) in [5, 5.41) is 16.0. The number of aliphatic hydroxyl groups is 1. The van der Waals surface area contributed by atoms with Crippen LogP contribution in [0.25, 0.3) is 0 Å². The first kappa shape index (κ1) is 22.9. The molecule has 3 rings (SSSR count). The van der Waals surface area contributed by atoms with Crippen LogP contribution >= 0.6 is 0 Å². The molecule has 3 N–H and O–H groups in total. The van der Waals surface area contributed by atoms with Gasteiger partial charge in [-0.3, -0.25) is 0 Å². The molecule has 6 heteroatoms. The molecule has 0 aliphatic carbocycles. The molecular weight excluding hydrogens is 388 g/mol. The number of aryl methyl sites for hydroxylation is 1. The van der Waals surface area contributed by atoms with E-state index in [1.807, 2.05) is 0 Å². The van der Waals surface area contributed by atoms with Gasteiger partial charge in [0.1, 0.15) is 5.75 Å². The molecule has 1 aliphatic heterocycles. The maximum Gasteiger partial charge on any atom is 0.191 e. The smallest absolute Gasteiger partial charge is 0.191 e. The second kappa shape index (κ2) is 11.6. The van der Waals surface area contributed by atoms with Gasteiger partial charge in [-0.05, 0) is 61.9 Å². The van der Waals surface area contributed by atoms with Gasteiger partial charge in [-0.15, -0.1) is 0 Å². The molecular formula is C25H36N4O2. The van der Waals surface area contributed by atoms with Crippen LogP contribution < -0.4 is 20.3 Å². The van der Waals surface area contributed by atoms with Gasteiger partial charge >= 0.3 is 0 Å². The van der Waals surface area contributed by atoms with Crippen molar-refractivity contribution < 1.29 is 9.84 Å². The lowest BCUT2D eigenvalue weighted by Crippen LogP contribution is -2.36. The fourth-order valence-corrected chi connectivity index (χ4v) is 3.87. The topological polar surface area (TPSA) is 69.1 Å². The van der Waals surface area contributed by atoms with Gasteiger partial charge in [-0.1, -0.05) is 24.3 Å². The standard InChI is InChI=1S/C25H36N4O2/c1-4-26-25(28-17-22-8-5-19(2)15-24(22)31-3)27-16-20-6-9-23(10-7-20)29-13-11-21(18-30)12-14-29/h5-10,15,21,30H,4,11-14,16-18H2,1-3H3,(H2,26,27,28). The molecule has 0 aromatic heterocycles. The Hall–Kier alpha value is -2.73. The number of methoxy groups -OCH3 is 1. The number of hydrogen-bond acceptors (Lipinski definition) is 4. The van der Waals surface area contributed by atoms with E-state index in [0.717, 1.165) is 49.7 Å². The minimum atomic E-state index is 0.309. The SMILES string of the molecule is CCNC(=NCc1ccc(N2CCC(CO)CC2)cc1)NCc1ccc(C)cc1OC. The number of piperidine rings is 1. The quantitative estimate of drug-likeness (QED) is 0.447. The molecule has 168 valence electrons. The van der Waals surface area contributed by atoms with Crippen molar-refractivity contribution in [2.75, 3.05) is 38.3 Å². The summed E-state index contributed by atoms with van der Waals surface area (Å²) in [5.74, 6) is 2.14. The Bertz CT molecular complexity index is 843. The highest BCUT2D eigenvalue weighted by atomic mass is 16.5. The molecule has 1 heterocycles. The normalized spacial score (nSPS) is 15.1. The highest BCUT2D eigenvalue weighted by Gasteiger charge is 2.18. The zero-order chi connectivity index (χ0) is 22.1. The van der Waals surface area contributed by atoms with Gasteiger partial charge in [0.05, 0.1) is 13.7 Å². The molecule has 31 heavy (non-hydrogen) atoms. The van der Waals surface area contributed by atoms with E-state index in [0.29, 0.717) is 25.6 Å². The third-order valence-corrected chi connectivity index (χ3v) is 5.83. The molecule has 0 radical (unpaired) electrons. The van der Waals surface area contributed by atoms with Crippen LogP contribution in [0.1, 0.15) is 36.5 Å². The summed E-state index contributed by atoms with van der Waals surface area (Å²) in [7, 11) is 1.70. The van der Waals surface area contributed by atoms with Crippen LogP contribution in [0.4, 0.5) is 5.69 Å². The molecule has 1 aliphatic rings. The summed E-state index contributed by atoms with van der Waals surface area (Å²) < 4.78 is 5.50. The Kier molecular flexibility index (Phi) is 8.59. The van der Waals surface area contributed by atoms with E-state index in [-0.39, 0.29) is 0 Å². The third kappa shape index (κ3) is 6.62. The molecule has 0 saturated carbocycles. The number of hydrogen-bond donors (Lipinski definition) is 3. The summed E-state index contributed by atoms with van der Waals surface area (Å²) in [5.41, 5.74) is 4.72. The predicted octanol–water partition coefficient (Wildman–Crippen LogP) is 3.47. The zero-order valence-electron chi connectivity index (χ0n) is 19.0. The summed E-state index contributed by atoms with van der Waals surface area (Å²) in [6.07, 6.45) is 2.12. The van der Waals surface area contributed by atoms with Crippen molar-refractivity contribution in [2.45, 2.75) is 39.8 Å². The van der Waals surface area contributed by atoms with E-state index in [4.69, 9.17) is 9.73 Å².